The Kier molecular flexibility index (Phi) is 3.75. The number of nitrogens with two attached hydrogens (primary N) is 1. The quantitative estimate of drug-likeness (QED) is 0.752. The molecule has 0 bridgehead atoms. The zero-order valence-corrected chi connectivity index (χ0v) is 10.5. The van der Waals surface area contributed by atoms with Gasteiger partial charge >= 0.3 is 0 Å². The first kappa shape index (κ1) is 12.7. The molecular weight excluding hydrogens is 254 g/mol. The lowest BCUT2D eigenvalue weighted by Crippen LogP contribution is -2.38. The van der Waals surface area contributed by atoms with E-state index in [0.29, 0.717) is 10.9 Å². The number of ether oxygens (including phenoxy) is 1. The van der Waals surface area contributed by atoms with Crippen LogP contribution in [0, 0.1) is 0 Å². The van der Waals surface area contributed by atoms with E-state index >= 15 is 0 Å². The number of aliphatic hydroxyl groups excluding tert-OH is 1. The maximum atomic E-state index is 11.5. The van der Waals surface area contributed by atoms with Crippen LogP contribution < -0.4 is 15.8 Å². The van der Waals surface area contributed by atoms with Crippen LogP contribution in [0.1, 0.15) is 0 Å². The van der Waals surface area contributed by atoms with Gasteiger partial charge in [0.05, 0.1) is 23.9 Å². The maximum absolute atomic E-state index is 11.5. The third-order valence-electron chi connectivity index (χ3n) is 2.36. The Bertz CT molecular complexity index is 570. The van der Waals surface area contributed by atoms with Crippen molar-refractivity contribution in [3.05, 3.63) is 18.2 Å². The van der Waals surface area contributed by atoms with E-state index in [1.54, 1.807) is 13.2 Å². The van der Waals surface area contributed by atoms with Crippen molar-refractivity contribution >= 4 is 32.6 Å². The summed E-state index contributed by atoms with van der Waals surface area (Å²) in [6.07, 6.45) is 0. The van der Waals surface area contributed by atoms with Gasteiger partial charge in [-0.05, 0) is 12.1 Å². The number of rotatable bonds is 4. The molecule has 0 aliphatic heterocycles. The van der Waals surface area contributed by atoms with Gasteiger partial charge < -0.3 is 20.9 Å². The van der Waals surface area contributed by atoms with Crippen LogP contribution in [0.5, 0.6) is 5.75 Å². The smallest absolute Gasteiger partial charge is 0.245 e. The minimum absolute atomic E-state index is 0.398. The number of methoxy groups -OCH3 is 1. The Hall–Kier alpha value is -1.70. The molecule has 1 aromatic heterocycles. The number of hydrogen-bond donors (Lipinski definition) is 3. The van der Waals surface area contributed by atoms with Crippen molar-refractivity contribution < 1.29 is 14.6 Å². The lowest BCUT2D eigenvalue weighted by atomic mass is 10.3. The van der Waals surface area contributed by atoms with Crippen molar-refractivity contribution in [3.63, 3.8) is 0 Å². The van der Waals surface area contributed by atoms with Crippen LogP contribution in [-0.4, -0.2) is 35.8 Å². The predicted molar refractivity (Wildman–Crippen MR) is 69.9 cm³/mol. The largest absolute Gasteiger partial charge is 0.497 e. The monoisotopic (exact) mass is 267 g/mol. The summed E-state index contributed by atoms with van der Waals surface area (Å²) in [5, 5.41) is 11.8. The number of anilines is 1. The second kappa shape index (κ2) is 5.30. The fourth-order valence-electron chi connectivity index (χ4n) is 1.37. The van der Waals surface area contributed by atoms with E-state index in [2.05, 4.69) is 10.3 Å². The number of nitrogens with one attached hydrogen (secondary N) is 1. The summed E-state index contributed by atoms with van der Waals surface area (Å²) >= 11 is 1.34. The van der Waals surface area contributed by atoms with Gasteiger partial charge in [0.25, 0.3) is 0 Å². The summed E-state index contributed by atoms with van der Waals surface area (Å²) in [4.78, 5) is 15.7. The molecule has 1 heterocycles. The summed E-state index contributed by atoms with van der Waals surface area (Å²) in [5.41, 5.74) is 6.14. The lowest BCUT2D eigenvalue weighted by molar-refractivity contribution is -0.118. The van der Waals surface area contributed by atoms with Crippen LogP contribution >= 0.6 is 11.3 Å². The number of thiazole rings is 1. The fourth-order valence-corrected chi connectivity index (χ4v) is 2.22. The Morgan fingerprint density at radius 2 is 2.44 bits per heavy atom. The van der Waals surface area contributed by atoms with Crippen LogP contribution in [0.15, 0.2) is 18.2 Å². The number of carbonyl (C=O) groups excluding carboxylic acids is 1. The third kappa shape index (κ3) is 2.58. The average Bonchev–Trinajstić information content (AvgIpc) is 2.78. The SMILES string of the molecule is COc1ccc2sc(NC(=O)C(N)CO)nc2c1. The normalized spacial score (nSPS) is 12.4. The number of fused-ring (bicyclic) bond motifs is 1. The van der Waals surface area contributed by atoms with Crippen molar-refractivity contribution in [3.8, 4) is 5.75 Å². The molecular formula is C11H13N3O3S. The molecule has 0 saturated carbocycles. The van der Waals surface area contributed by atoms with Crippen molar-refractivity contribution in [1.29, 1.82) is 0 Å². The van der Waals surface area contributed by atoms with Gasteiger partial charge in [0, 0.05) is 6.07 Å². The topological polar surface area (TPSA) is 97.5 Å². The highest BCUT2D eigenvalue weighted by molar-refractivity contribution is 7.22. The fraction of sp³-hybridized carbons (Fsp3) is 0.273. The standard InChI is InChI=1S/C11H13N3O3S/c1-17-6-2-3-9-8(4-6)13-11(18-9)14-10(16)7(12)5-15/h2-4,7,15H,5,12H2,1H3,(H,13,14,16). The van der Waals surface area contributed by atoms with Crippen LogP contribution in [0.2, 0.25) is 0 Å². The highest BCUT2D eigenvalue weighted by Gasteiger charge is 2.14. The first-order valence-electron chi connectivity index (χ1n) is 5.26. The minimum atomic E-state index is -0.938. The summed E-state index contributed by atoms with van der Waals surface area (Å²) in [6, 6.07) is 4.54. The summed E-state index contributed by atoms with van der Waals surface area (Å²) in [7, 11) is 1.58. The minimum Gasteiger partial charge on any atom is -0.497 e. The van der Waals surface area contributed by atoms with Crippen LogP contribution in [0.4, 0.5) is 5.13 Å². The van der Waals surface area contributed by atoms with Gasteiger partial charge in [0.15, 0.2) is 5.13 Å². The van der Waals surface area contributed by atoms with Gasteiger partial charge in [-0.15, -0.1) is 0 Å². The number of carbonyl (C=O) groups is 1. The van der Waals surface area contributed by atoms with Crippen molar-refractivity contribution in [2.75, 3.05) is 19.0 Å². The lowest BCUT2D eigenvalue weighted by Gasteiger charge is -2.05. The van der Waals surface area contributed by atoms with Crippen LogP contribution in [0.3, 0.4) is 0 Å². The number of aromatic nitrogens is 1. The van der Waals surface area contributed by atoms with E-state index in [4.69, 9.17) is 15.6 Å². The molecule has 0 aliphatic carbocycles. The molecule has 2 aromatic rings. The van der Waals surface area contributed by atoms with Crippen LogP contribution in [-0.2, 0) is 4.79 Å². The summed E-state index contributed by atoms with van der Waals surface area (Å²) < 4.78 is 6.03. The molecule has 2 rings (SSSR count). The van der Waals surface area contributed by atoms with Crippen molar-refractivity contribution in [2.45, 2.75) is 6.04 Å². The molecule has 18 heavy (non-hydrogen) atoms. The second-order valence-corrected chi connectivity index (χ2v) is 4.66. The molecule has 0 saturated heterocycles. The van der Waals surface area contributed by atoms with Crippen molar-refractivity contribution in [1.82, 2.24) is 4.98 Å². The Labute approximate surface area is 107 Å². The number of amides is 1. The zero-order chi connectivity index (χ0) is 13.1. The molecule has 0 spiro atoms. The maximum Gasteiger partial charge on any atom is 0.245 e. The Morgan fingerprint density at radius 1 is 1.67 bits per heavy atom. The predicted octanol–water partition coefficient (Wildman–Crippen LogP) is 0.563. The average molecular weight is 267 g/mol. The first-order valence-corrected chi connectivity index (χ1v) is 6.07. The molecule has 1 atom stereocenters. The van der Waals surface area contributed by atoms with Gasteiger partial charge in [0.1, 0.15) is 11.8 Å². The molecule has 1 aromatic carbocycles. The van der Waals surface area contributed by atoms with Crippen LogP contribution in [0.25, 0.3) is 10.2 Å². The molecule has 96 valence electrons. The molecule has 1 unspecified atom stereocenters. The van der Waals surface area contributed by atoms with Gasteiger partial charge in [-0.1, -0.05) is 11.3 Å². The molecule has 7 heteroatoms. The molecule has 6 nitrogen and oxygen atoms in total. The first-order chi connectivity index (χ1) is 8.63. The molecule has 0 aliphatic rings. The highest BCUT2D eigenvalue weighted by atomic mass is 32.1. The second-order valence-electron chi connectivity index (χ2n) is 3.63. The summed E-state index contributed by atoms with van der Waals surface area (Å²) in [5.74, 6) is 0.251. The Morgan fingerprint density at radius 3 is 3.11 bits per heavy atom. The summed E-state index contributed by atoms with van der Waals surface area (Å²) in [6.45, 7) is -0.398. The number of benzene rings is 1. The van der Waals surface area contributed by atoms with Crippen molar-refractivity contribution in [2.24, 2.45) is 5.73 Å². The third-order valence-corrected chi connectivity index (χ3v) is 3.31. The highest BCUT2D eigenvalue weighted by Crippen LogP contribution is 2.28. The Balaban J connectivity index is 2.22. The number of nitrogens with zero attached hydrogens (tertiary/aromatic N) is 1. The van der Waals surface area contributed by atoms with E-state index in [1.807, 2.05) is 12.1 Å². The van der Waals surface area contributed by atoms with E-state index in [1.165, 1.54) is 11.3 Å². The van der Waals surface area contributed by atoms with E-state index in [0.717, 1.165) is 10.2 Å². The number of aliphatic hydroxyl groups is 1. The molecule has 4 N–H and O–H groups in total. The number of hydrogen-bond acceptors (Lipinski definition) is 6. The molecule has 1 amide bonds. The van der Waals surface area contributed by atoms with Gasteiger partial charge in [0.2, 0.25) is 5.91 Å². The van der Waals surface area contributed by atoms with Gasteiger partial charge in [-0.3, -0.25) is 4.79 Å². The van der Waals surface area contributed by atoms with Gasteiger partial charge in [-0.25, -0.2) is 4.98 Å². The molecule has 0 fully saturated rings. The van der Waals surface area contributed by atoms with E-state index in [-0.39, 0.29) is 0 Å². The van der Waals surface area contributed by atoms with E-state index in [9.17, 15) is 4.79 Å². The molecule has 0 radical (unpaired) electrons. The van der Waals surface area contributed by atoms with Gasteiger partial charge in [-0.2, -0.15) is 0 Å². The van der Waals surface area contributed by atoms with E-state index < -0.39 is 18.6 Å². The zero-order valence-electron chi connectivity index (χ0n) is 9.71.